The normalized spacial score (nSPS) is 47.5. The van der Waals surface area contributed by atoms with E-state index in [0.29, 0.717) is 12.3 Å². The monoisotopic (exact) mass is 181 g/mol. The highest BCUT2D eigenvalue weighted by Gasteiger charge is 2.56. The molecule has 2 N–H and O–H groups in total. The molecule has 1 saturated carbocycles. The Morgan fingerprint density at radius 1 is 1.55 bits per heavy atom. The van der Waals surface area contributed by atoms with Crippen LogP contribution in [0.15, 0.2) is 0 Å². The molecule has 1 saturated heterocycles. The molecule has 0 aromatic heterocycles. The maximum atomic E-state index is 13.3. The van der Waals surface area contributed by atoms with E-state index < -0.39 is 5.67 Å². The first-order chi connectivity index (χ1) is 4.76. The highest BCUT2D eigenvalue weighted by molar-refractivity contribution is 5.85. The van der Waals surface area contributed by atoms with E-state index in [9.17, 15) is 4.39 Å². The summed E-state index contributed by atoms with van der Waals surface area (Å²) in [5.74, 6) is 0.592. The van der Waals surface area contributed by atoms with E-state index in [1.54, 1.807) is 0 Å². The van der Waals surface area contributed by atoms with Crippen LogP contribution in [0.2, 0.25) is 0 Å². The predicted molar refractivity (Wildman–Crippen MR) is 42.6 cm³/mol. The Balaban J connectivity index is 0.000000605. The lowest BCUT2D eigenvalue weighted by molar-refractivity contribution is -0.0819. The second-order valence-corrected chi connectivity index (χ2v) is 3.42. The van der Waals surface area contributed by atoms with Crippen LogP contribution in [-0.4, -0.2) is 30.5 Å². The van der Waals surface area contributed by atoms with Crippen molar-refractivity contribution in [2.24, 2.45) is 11.8 Å². The van der Waals surface area contributed by atoms with Crippen LogP contribution in [-0.2, 0) is 0 Å². The Kier molecular flexibility index (Phi) is 2.42. The fourth-order valence-corrected chi connectivity index (χ4v) is 2.16. The van der Waals surface area contributed by atoms with Crippen LogP contribution in [0.25, 0.3) is 0 Å². The van der Waals surface area contributed by atoms with Gasteiger partial charge in [-0.25, -0.2) is 4.39 Å². The minimum atomic E-state index is -1.24. The molecule has 66 valence electrons. The first-order valence-corrected chi connectivity index (χ1v) is 3.77. The van der Waals surface area contributed by atoms with Crippen LogP contribution in [0.5, 0.6) is 0 Å². The molecule has 1 aliphatic carbocycles. The lowest BCUT2D eigenvalue weighted by Crippen LogP contribution is -2.52. The molecule has 3 atom stereocenters. The second-order valence-electron chi connectivity index (χ2n) is 3.42. The van der Waals surface area contributed by atoms with Gasteiger partial charge in [-0.2, -0.15) is 0 Å². The van der Waals surface area contributed by atoms with Crippen molar-refractivity contribution in [2.45, 2.75) is 12.1 Å². The van der Waals surface area contributed by atoms with Crippen LogP contribution in [0.3, 0.4) is 0 Å². The average Bonchev–Trinajstić information content (AvgIpc) is 2.30. The summed E-state index contributed by atoms with van der Waals surface area (Å²) in [6, 6.07) is 0. The number of hydrogen-bond acceptors (Lipinski definition) is 2. The van der Waals surface area contributed by atoms with E-state index in [1.165, 1.54) is 0 Å². The van der Waals surface area contributed by atoms with Gasteiger partial charge in [-0.3, -0.25) is 0 Å². The molecular weight excluding hydrogens is 169 g/mol. The van der Waals surface area contributed by atoms with Gasteiger partial charge < -0.3 is 10.4 Å². The van der Waals surface area contributed by atoms with Gasteiger partial charge in [0.1, 0.15) is 5.67 Å². The van der Waals surface area contributed by atoms with Gasteiger partial charge in [-0.05, 0) is 18.9 Å². The fourth-order valence-electron chi connectivity index (χ4n) is 2.16. The zero-order valence-corrected chi connectivity index (χ0v) is 7.03. The molecule has 11 heavy (non-hydrogen) atoms. The van der Waals surface area contributed by atoms with Gasteiger partial charge in [-0.1, -0.05) is 0 Å². The van der Waals surface area contributed by atoms with E-state index in [0.717, 1.165) is 13.1 Å². The van der Waals surface area contributed by atoms with Crippen molar-refractivity contribution in [3.63, 3.8) is 0 Å². The third kappa shape index (κ3) is 1.15. The lowest BCUT2D eigenvalue weighted by atomic mass is 9.65. The number of nitrogens with one attached hydrogen (secondary N) is 1. The van der Waals surface area contributed by atoms with Crippen LogP contribution in [0.4, 0.5) is 4.39 Å². The maximum absolute atomic E-state index is 13.3. The summed E-state index contributed by atoms with van der Waals surface area (Å²) in [5, 5.41) is 11.8. The molecule has 1 heterocycles. The number of hydrogen-bond donors (Lipinski definition) is 2. The Morgan fingerprint density at radius 3 is 2.82 bits per heavy atom. The third-order valence-electron chi connectivity index (χ3n) is 2.87. The topological polar surface area (TPSA) is 32.3 Å². The van der Waals surface area contributed by atoms with Gasteiger partial charge in [-0.15, -0.1) is 12.4 Å². The van der Waals surface area contributed by atoms with Crippen molar-refractivity contribution < 1.29 is 9.50 Å². The summed E-state index contributed by atoms with van der Waals surface area (Å²) in [6.45, 7) is 1.40. The predicted octanol–water partition coefficient (Wildman–Crippen LogP) is 0.348. The van der Waals surface area contributed by atoms with Gasteiger partial charge in [0, 0.05) is 12.5 Å². The molecule has 2 fully saturated rings. The minimum absolute atomic E-state index is 0. The number of aliphatic hydroxyl groups excluding tert-OH is 1. The Hall–Kier alpha value is 0.140. The highest BCUT2D eigenvalue weighted by atomic mass is 35.5. The largest absolute Gasteiger partial charge is 0.393 e. The van der Waals surface area contributed by atoms with E-state index in [2.05, 4.69) is 5.32 Å². The molecular formula is C7H13ClFNO. The number of aliphatic hydroxyl groups is 1. The summed E-state index contributed by atoms with van der Waals surface area (Å²) in [7, 11) is 0. The van der Waals surface area contributed by atoms with Gasteiger partial charge in [0.15, 0.2) is 0 Å². The van der Waals surface area contributed by atoms with Crippen LogP contribution in [0, 0.1) is 11.8 Å². The van der Waals surface area contributed by atoms with Crippen molar-refractivity contribution in [1.29, 1.82) is 0 Å². The zero-order valence-electron chi connectivity index (χ0n) is 6.22. The van der Waals surface area contributed by atoms with Gasteiger partial charge in [0.25, 0.3) is 0 Å². The molecule has 0 aromatic carbocycles. The molecule has 0 bridgehead atoms. The maximum Gasteiger partial charge on any atom is 0.138 e. The third-order valence-corrected chi connectivity index (χ3v) is 2.87. The summed E-state index contributed by atoms with van der Waals surface area (Å²) in [5.41, 5.74) is -1.24. The Bertz CT molecular complexity index is 157. The minimum Gasteiger partial charge on any atom is -0.393 e. The van der Waals surface area contributed by atoms with Crippen molar-refractivity contribution in [2.75, 3.05) is 19.7 Å². The lowest BCUT2D eigenvalue weighted by Gasteiger charge is -2.44. The molecule has 2 nitrogen and oxygen atoms in total. The summed E-state index contributed by atoms with van der Waals surface area (Å²) < 4.78 is 13.3. The van der Waals surface area contributed by atoms with E-state index in [1.807, 2.05) is 0 Å². The Morgan fingerprint density at radius 2 is 2.27 bits per heavy atom. The smallest absolute Gasteiger partial charge is 0.138 e. The Labute approximate surface area is 71.6 Å². The standard InChI is InChI=1S/C7H12FNO.ClH/c8-7(4-10)1-5-2-9-3-6(5)7;/h5-6,9-10H,1-4H2;1H. The first-order valence-electron chi connectivity index (χ1n) is 3.77. The number of alkyl halides is 1. The average molecular weight is 182 g/mol. The van der Waals surface area contributed by atoms with Crippen LogP contribution >= 0.6 is 12.4 Å². The van der Waals surface area contributed by atoms with E-state index in [-0.39, 0.29) is 24.9 Å². The molecule has 2 aliphatic rings. The molecule has 3 unspecified atom stereocenters. The van der Waals surface area contributed by atoms with Gasteiger partial charge in [0.2, 0.25) is 0 Å². The SMILES string of the molecule is Cl.OCC1(F)CC2CNCC21. The van der Waals surface area contributed by atoms with E-state index in [4.69, 9.17) is 5.11 Å². The van der Waals surface area contributed by atoms with Crippen molar-refractivity contribution in [1.82, 2.24) is 5.32 Å². The summed E-state index contributed by atoms with van der Waals surface area (Å²) in [4.78, 5) is 0. The molecule has 4 heteroatoms. The molecule has 2 rings (SSSR count). The van der Waals surface area contributed by atoms with Crippen LogP contribution < -0.4 is 5.32 Å². The molecule has 1 aliphatic heterocycles. The molecule has 0 radical (unpaired) electrons. The summed E-state index contributed by atoms with van der Waals surface area (Å²) in [6.07, 6.45) is 0.557. The second kappa shape index (κ2) is 2.88. The van der Waals surface area contributed by atoms with Crippen molar-refractivity contribution in [3.05, 3.63) is 0 Å². The molecule has 0 amide bonds. The highest BCUT2D eigenvalue weighted by Crippen LogP contribution is 2.48. The zero-order chi connectivity index (χ0) is 7.19. The van der Waals surface area contributed by atoms with Crippen molar-refractivity contribution in [3.8, 4) is 0 Å². The van der Waals surface area contributed by atoms with Crippen molar-refractivity contribution >= 4 is 12.4 Å². The number of rotatable bonds is 1. The summed E-state index contributed by atoms with van der Waals surface area (Å²) >= 11 is 0. The molecule has 0 spiro atoms. The molecule has 0 aromatic rings. The van der Waals surface area contributed by atoms with Gasteiger partial charge in [0.05, 0.1) is 6.61 Å². The van der Waals surface area contributed by atoms with E-state index >= 15 is 0 Å². The quantitative estimate of drug-likeness (QED) is 0.612. The van der Waals surface area contributed by atoms with Gasteiger partial charge >= 0.3 is 0 Å². The number of fused-ring (bicyclic) bond motifs is 1. The fraction of sp³-hybridized carbons (Fsp3) is 1.00. The number of halogens is 2. The first kappa shape index (κ1) is 9.23. The van der Waals surface area contributed by atoms with Crippen LogP contribution in [0.1, 0.15) is 6.42 Å².